The maximum atomic E-state index is 11.6. The molecule has 106 valence electrons. The lowest BCUT2D eigenvalue weighted by molar-refractivity contribution is 0.340. The molecule has 19 heavy (non-hydrogen) atoms. The van der Waals surface area contributed by atoms with Crippen molar-refractivity contribution in [1.29, 1.82) is 0 Å². The second-order valence-corrected chi connectivity index (χ2v) is 7.82. The Bertz CT molecular complexity index is 570. The van der Waals surface area contributed by atoms with E-state index in [2.05, 4.69) is 0 Å². The average molecular weight is 322 g/mol. The first kappa shape index (κ1) is 16.2. The van der Waals surface area contributed by atoms with Crippen LogP contribution in [0.25, 0.3) is 0 Å². The summed E-state index contributed by atoms with van der Waals surface area (Å²) < 4.78 is 28.7. The smallest absolute Gasteiger partial charge is 0.155 e. The van der Waals surface area contributed by atoms with Crippen LogP contribution in [0.3, 0.4) is 0 Å². The molecule has 0 aliphatic rings. The Hall–Kier alpha value is -0.850. The molecule has 1 rings (SSSR count). The van der Waals surface area contributed by atoms with Gasteiger partial charge in [0.25, 0.3) is 0 Å². The molecule has 0 atom stereocenters. The van der Waals surface area contributed by atoms with Crippen molar-refractivity contribution in [3.05, 3.63) is 28.8 Å². The highest BCUT2D eigenvalue weighted by atomic mass is 35.5. The van der Waals surface area contributed by atoms with Crippen molar-refractivity contribution in [2.45, 2.75) is 19.1 Å². The molecule has 0 fully saturated rings. The lowest BCUT2D eigenvalue weighted by Crippen LogP contribution is -2.22. The topological polar surface area (TPSA) is 69.4 Å². The Kier molecular flexibility index (Phi) is 5.58. The molecule has 0 bridgehead atoms. The van der Waals surface area contributed by atoms with Crippen molar-refractivity contribution in [3.8, 4) is 5.75 Å². The van der Waals surface area contributed by atoms with Crippen LogP contribution in [-0.4, -0.2) is 31.0 Å². The minimum atomic E-state index is -3.13. The van der Waals surface area contributed by atoms with Gasteiger partial charge < -0.3 is 10.5 Å². The van der Waals surface area contributed by atoms with Gasteiger partial charge in [-0.3, -0.25) is 0 Å². The Labute approximate surface area is 123 Å². The molecule has 2 N–H and O–H groups in total. The van der Waals surface area contributed by atoms with Crippen LogP contribution in [0.4, 0.5) is 0 Å². The van der Waals surface area contributed by atoms with Crippen LogP contribution >= 0.6 is 23.8 Å². The molecule has 1 aromatic rings. The first-order valence-electron chi connectivity index (χ1n) is 5.68. The second-order valence-electron chi connectivity index (χ2n) is 4.27. The maximum absolute atomic E-state index is 11.6. The van der Waals surface area contributed by atoms with Gasteiger partial charge in [-0.25, -0.2) is 8.42 Å². The van der Waals surface area contributed by atoms with Gasteiger partial charge in [0, 0.05) is 5.02 Å². The normalized spacial score (nSPS) is 11.6. The third-order valence-electron chi connectivity index (χ3n) is 2.55. The van der Waals surface area contributed by atoms with Crippen molar-refractivity contribution in [1.82, 2.24) is 0 Å². The summed E-state index contributed by atoms with van der Waals surface area (Å²) in [7, 11) is -3.13. The molecule has 4 nitrogen and oxygen atoms in total. The van der Waals surface area contributed by atoms with E-state index in [4.69, 9.17) is 34.3 Å². The number of halogens is 1. The summed E-state index contributed by atoms with van der Waals surface area (Å²) in [5.74, 6) is 0.340. The Morgan fingerprint density at radius 3 is 2.63 bits per heavy atom. The van der Waals surface area contributed by atoms with Gasteiger partial charge in [-0.15, -0.1) is 0 Å². The molecule has 0 saturated carbocycles. The molecule has 0 unspecified atom stereocenters. The van der Waals surface area contributed by atoms with Crippen LogP contribution in [0.15, 0.2) is 18.2 Å². The minimum Gasteiger partial charge on any atom is -0.492 e. The van der Waals surface area contributed by atoms with E-state index in [1.807, 2.05) is 0 Å². The largest absolute Gasteiger partial charge is 0.492 e. The van der Waals surface area contributed by atoms with E-state index in [1.165, 1.54) is 0 Å². The number of hydrogen-bond donors (Lipinski definition) is 1. The van der Waals surface area contributed by atoms with Gasteiger partial charge in [0.1, 0.15) is 17.3 Å². The van der Waals surface area contributed by atoms with Gasteiger partial charge in [-0.1, -0.05) is 23.8 Å². The predicted octanol–water partition coefficient (Wildman–Crippen LogP) is 2.18. The van der Waals surface area contributed by atoms with E-state index in [0.29, 0.717) is 16.3 Å². The Morgan fingerprint density at radius 2 is 2.11 bits per heavy atom. The second kappa shape index (κ2) is 6.54. The Balaban J connectivity index is 2.78. The zero-order chi connectivity index (χ0) is 14.6. The van der Waals surface area contributed by atoms with Gasteiger partial charge in [-0.2, -0.15) is 0 Å². The van der Waals surface area contributed by atoms with Crippen molar-refractivity contribution < 1.29 is 13.2 Å². The fourth-order valence-electron chi connectivity index (χ4n) is 1.32. The summed E-state index contributed by atoms with van der Waals surface area (Å²) in [5.41, 5.74) is 6.10. The summed E-state index contributed by atoms with van der Waals surface area (Å²) >= 11 is 10.8. The van der Waals surface area contributed by atoms with E-state index in [-0.39, 0.29) is 17.3 Å². The number of thiocarbonyl (C=S) groups is 1. The summed E-state index contributed by atoms with van der Waals surface area (Å²) in [6.07, 6.45) is 0. The molecule has 0 radical (unpaired) electrons. The van der Waals surface area contributed by atoms with Crippen LogP contribution in [-0.2, 0) is 9.84 Å². The van der Waals surface area contributed by atoms with Crippen molar-refractivity contribution >= 4 is 38.6 Å². The molecule has 0 aliphatic heterocycles. The van der Waals surface area contributed by atoms with Crippen LogP contribution in [0.1, 0.15) is 19.4 Å². The number of nitrogens with two attached hydrogens (primary N) is 1. The molecule has 0 amide bonds. The highest BCUT2D eigenvalue weighted by Crippen LogP contribution is 2.23. The van der Waals surface area contributed by atoms with Gasteiger partial charge in [-0.05, 0) is 32.0 Å². The van der Waals surface area contributed by atoms with Crippen LogP contribution < -0.4 is 10.5 Å². The van der Waals surface area contributed by atoms with Crippen LogP contribution in [0.5, 0.6) is 5.75 Å². The lowest BCUT2D eigenvalue weighted by Gasteiger charge is -2.12. The molecule has 0 saturated heterocycles. The third kappa shape index (κ3) is 4.63. The van der Waals surface area contributed by atoms with E-state index in [1.54, 1.807) is 32.0 Å². The molecule has 0 aliphatic carbocycles. The molecule has 0 spiro atoms. The molecular formula is C12H16ClNO3S2. The predicted molar refractivity (Wildman–Crippen MR) is 81.8 cm³/mol. The zero-order valence-electron chi connectivity index (χ0n) is 10.7. The van der Waals surface area contributed by atoms with Gasteiger partial charge in [0.15, 0.2) is 9.84 Å². The third-order valence-corrected chi connectivity index (χ3v) is 5.18. The lowest BCUT2D eigenvalue weighted by atomic mass is 10.2. The van der Waals surface area contributed by atoms with Crippen LogP contribution in [0.2, 0.25) is 5.02 Å². The monoisotopic (exact) mass is 321 g/mol. The molecular weight excluding hydrogens is 306 g/mol. The fraction of sp³-hybridized carbons (Fsp3) is 0.417. The van der Waals surface area contributed by atoms with Crippen molar-refractivity contribution in [3.63, 3.8) is 0 Å². The van der Waals surface area contributed by atoms with Gasteiger partial charge in [0.2, 0.25) is 0 Å². The average Bonchev–Trinajstić information content (AvgIpc) is 2.28. The summed E-state index contributed by atoms with van der Waals surface area (Å²) in [6, 6.07) is 4.86. The first-order valence-corrected chi connectivity index (χ1v) is 8.18. The number of hydrogen-bond acceptors (Lipinski definition) is 4. The summed E-state index contributed by atoms with van der Waals surface area (Å²) in [6.45, 7) is 3.31. The van der Waals surface area contributed by atoms with E-state index in [9.17, 15) is 8.42 Å². The number of benzene rings is 1. The van der Waals surface area contributed by atoms with Crippen LogP contribution in [0, 0.1) is 0 Å². The van der Waals surface area contributed by atoms with Gasteiger partial charge in [0.05, 0.1) is 16.6 Å². The first-order chi connectivity index (χ1) is 8.74. The Morgan fingerprint density at radius 1 is 1.47 bits per heavy atom. The van der Waals surface area contributed by atoms with E-state index in [0.717, 1.165) is 0 Å². The SMILES string of the molecule is CC(C)S(=O)(=O)CCOc1cc(Cl)ccc1C(N)=S. The quantitative estimate of drug-likeness (QED) is 0.813. The van der Waals surface area contributed by atoms with Crippen molar-refractivity contribution in [2.75, 3.05) is 12.4 Å². The maximum Gasteiger partial charge on any atom is 0.155 e. The highest BCUT2D eigenvalue weighted by Gasteiger charge is 2.16. The molecule has 1 aromatic carbocycles. The zero-order valence-corrected chi connectivity index (χ0v) is 13.1. The highest BCUT2D eigenvalue weighted by molar-refractivity contribution is 7.92. The molecule has 7 heteroatoms. The summed E-state index contributed by atoms with van der Waals surface area (Å²) in [5, 5.41) is 0.0484. The van der Waals surface area contributed by atoms with E-state index < -0.39 is 15.1 Å². The van der Waals surface area contributed by atoms with Gasteiger partial charge >= 0.3 is 0 Å². The molecule has 0 aromatic heterocycles. The number of sulfone groups is 1. The standard InChI is InChI=1S/C12H16ClNO3S2/c1-8(2)19(15,16)6-5-17-11-7-9(13)3-4-10(11)12(14)18/h3-4,7-8H,5-6H2,1-2H3,(H2,14,18). The minimum absolute atomic E-state index is 0.0382. The molecule has 0 heterocycles. The summed E-state index contributed by atoms with van der Waals surface area (Å²) in [4.78, 5) is 0.179. The van der Waals surface area contributed by atoms with Crippen molar-refractivity contribution in [2.24, 2.45) is 5.73 Å². The number of rotatable bonds is 6. The van der Waals surface area contributed by atoms with E-state index >= 15 is 0 Å². The number of ether oxygens (including phenoxy) is 1. The fourth-order valence-corrected chi connectivity index (χ4v) is 2.44.